The number of aromatic nitrogens is 2. The molecule has 1 saturated heterocycles. The third-order valence-corrected chi connectivity index (χ3v) is 3.10. The second-order valence-electron chi connectivity index (χ2n) is 4.43. The molecule has 1 aliphatic rings. The Morgan fingerprint density at radius 2 is 2.47 bits per heavy atom. The van der Waals surface area contributed by atoms with E-state index >= 15 is 0 Å². The van der Waals surface area contributed by atoms with Gasteiger partial charge in [-0.25, -0.2) is 0 Å². The Balaban J connectivity index is 1.87. The molecule has 6 nitrogen and oxygen atoms in total. The van der Waals surface area contributed by atoms with E-state index in [0.717, 1.165) is 32.5 Å². The maximum Gasteiger partial charge on any atom is 0.311 e. The van der Waals surface area contributed by atoms with Gasteiger partial charge in [0.25, 0.3) is 0 Å². The summed E-state index contributed by atoms with van der Waals surface area (Å²) in [5.41, 5.74) is 0. The lowest BCUT2D eigenvalue weighted by molar-refractivity contribution is -0.136. The average Bonchev–Trinajstić information content (AvgIpc) is 2.88. The standard InChI is InChI=1S/C11H17N3O3/c1-2-14-4-3-8(7-14)5-10-12-9(13-17-10)6-11(15)16/h8H,2-7H2,1H3,(H,15,16). The summed E-state index contributed by atoms with van der Waals surface area (Å²) in [4.78, 5) is 17.0. The molecule has 0 aromatic carbocycles. The highest BCUT2D eigenvalue weighted by Crippen LogP contribution is 2.19. The molecule has 94 valence electrons. The second kappa shape index (κ2) is 5.27. The fraction of sp³-hybridized carbons (Fsp3) is 0.727. The number of hydrogen-bond acceptors (Lipinski definition) is 5. The minimum absolute atomic E-state index is 0.171. The largest absolute Gasteiger partial charge is 0.481 e. The number of aliphatic carboxylic acids is 1. The summed E-state index contributed by atoms with van der Waals surface area (Å²) in [6.45, 7) is 5.41. The van der Waals surface area contributed by atoms with E-state index in [2.05, 4.69) is 22.0 Å². The maximum absolute atomic E-state index is 10.5. The Morgan fingerprint density at radius 1 is 1.65 bits per heavy atom. The van der Waals surface area contributed by atoms with Gasteiger partial charge in [0.05, 0.1) is 0 Å². The average molecular weight is 239 g/mol. The molecule has 6 heteroatoms. The van der Waals surface area contributed by atoms with Gasteiger partial charge < -0.3 is 14.5 Å². The molecule has 0 bridgehead atoms. The lowest BCUT2D eigenvalue weighted by atomic mass is 10.1. The van der Waals surface area contributed by atoms with Gasteiger partial charge in [-0.15, -0.1) is 0 Å². The van der Waals surface area contributed by atoms with Crippen molar-refractivity contribution in [2.75, 3.05) is 19.6 Å². The maximum atomic E-state index is 10.5. The van der Waals surface area contributed by atoms with Crippen molar-refractivity contribution in [1.29, 1.82) is 0 Å². The van der Waals surface area contributed by atoms with Gasteiger partial charge in [0.2, 0.25) is 5.89 Å². The van der Waals surface area contributed by atoms with Gasteiger partial charge >= 0.3 is 5.97 Å². The summed E-state index contributed by atoms with van der Waals surface area (Å²) in [5, 5.41) is 12.3. The van der Waals surface area contributed by atoms with Crippen molar-refractivity contribution in [1.82, 2.24) is 15.0 Å². The first-order chi connectivity index (χ1) is 8.17. The molecule has 17 heavy (non-hydrogen) atoms. The highest BCUT2D eigenvalue weighted by molar-refractivity contribution is 5.68. The second-order valence-corrected chi connectivity index (χ2v) is 4.43. The van der Waals surface area contributed by atoms with Gasteiger partial charge in [0.1, 0.15) is 6.42 Å². The van der Waals surface area contributed by atoms with Gasteiger partial charge in [-0.05, 0) is 25.4 Å². The molecule has 1 unspecified atom stereocenters. The van der Waals surface area contributed by atoms with Crippen molar-refractivity contribution >= 4 is 5.97 Å². The first kappa shape index (κ1) is 12.0. The summed E-state index contributed by atoms with van der Waals surface area (Å²) in [6.07, 6.45) is 1.73. The zero-order valence-electron chi connectivity index (χ0n) is 9.93. The first-order valence-electron chi connectivity index (χ1n) is 5.93. The quantitative estimate of drug-likeness (QED) is 0.809. The number of likely N-dealkylation sites (tertiary alicyclic amines) is 1. The van der Waals surface area contributed by atoms with Crippen LogP contribution in [-0.4, -0.2) is 45.8 Å². The van der Waals surface area contributed by atoms with Crippen LogP contribution in [0, 0.1) is 5.92 Å². The van der Waals surface area contributed by atoms with Crippen LogP contribution in [0.15, 0.2) is 4.52 Å². The van der Waals surface area contributed by atoms with Crippen LogP contribution in [0.5, 0.6) is 0 Å². The predicted octanol–water partition coefficient (Wildman–Crippen LogP) is 0.581. The van der Waals surface area contributed by atoms with Crippen LogP contribution < -0.4 is 0 Å². The number of rotatable bonds is 5. The van der Waals surface area contributed by atoms with E-state index in [-0.39, 0.29) is 12.2 Å². The van der Waals surface area contributed by atoms with Crippen molar-refractivity contribution in [3.05, 3.63) is 11.7 Å². The van der Waals surface area contributed by atoms with Crippen molar-refractivity contribution in [3.8, 4) is 0 Å². The van der Waals surface area contributed by atoms with Crippen LogP contribution in [0.4, 0.5) is 0 Å². The highest BCUT2D eigenvalue weighted by Gasteiger charge is 2.23. The molecule has 1 N–H and O–H groups in total. The van der Waals surface area contributed by atoms with Crippen molar-refractivity contribution in [2.45, 2.75) is 26.2 Å². The predicted molar refractivity (Wildman–Crippen MR) is 59.6 cm³/mol. The molecular formula is C11H17N3O3. The zero-order chi connectivity index (χ0) is 12.3. The van der Waals surface area contributed by atoms with Crippen molar-refractivity contribution < 1.29 is 14.4 Å². The highest BCUT2D eigenvalue weighted by atomic mass is 16.5. The minimum atomic E-state index is -0.935. The summed E-state index contributed by atoms with van der Waals surface area (Å²) in [6, 6.07) is 0. The monoisotopic (exact) mass is 239 g/mol. The van der Waals surface area contributed by atoms with Crippen LogP contribution in [0.3, 0.4) is 0 Å². The van der Waals surface area contributed by atoms with E-state index in [0.29, 0.717) is 11.8 Å². The zero-order valence-corrected chi connectivity index (χ0v) is 9.93. The Labute approximate surface area is 99.6 Å². The fourth-order valence-corrected chi connectivity index (χ4v) is 2.19. The summed E-state index contributed by atoms with van der Waals surface area (Å²) < 4.78 is 5.05. The smallest absolute Gasteiger partial charge is 0.311 e. The lowest BCUT2D eigenvalue weighted by Crippen LogP contribution is -2.20. The van der Waals surface area contributed by atoms with E-state index < -0.39 is 5.97 Å². The molecule has 2 rings (SSSR count). The van der Waals surface area contributed by atoms with Crippen molar-refractivity contribution in [3.63, 3.8) is 0 Å². The molecule has 1 fully saturated rings. The molecule has 0 aliphatic carbocycles. The van der Waals surface area contributed by atoms with E-state index in [1.165, 1.54) is 0 Å². The number of carboxylic acid groups (broad SMARTS) is 1. The third kappa shape index (κ3) is 3.26. The molecule has 0 spiro atoms. The van der Waals surface area contributed by atoms with E-state index in [1.807, 2.05) is 0 Å². The van der Waals surface area contributed by atoms with E-state index in [1.54, 1.807) is 0 Å². The molecule has 1 atom stereocenters. The normalized spacial score (nSPS) is 20.9. The van der Waals surface area contributed by atoms with Gasteiger partial charge in [-0.3, -0.25) is 4.79 Å². The lowest BCUT2D eigenvalue weighted by Gasteiger charge is -2.11. The summed E-state index contributed by atoms with van der Waals surface area (Å²) in [5.74, 6) is 0.436. The molecule has 1 aromatic heterocycles. The van der Waals surface area contributed by atoms with Crippen LogP contribution in [-0.2, 0) is 17.6 Å². The number of carboxylic acids is 1. The minimum Gasteiger partial charge on any atom is -0.481 e. The van der Waals surface area contributed by atoms with Gasteiger partial charge in [-0.1, -0.05) is 12.1 Å². The summed E-state index contributed by atoms with van der Waals surface area (Å²) in [7, 11) is 0. The molecule has 0 radical (unpaired) electrons. The van der Waals surface area contributed by atoms with E-state index in [4.69, 9.17) is 9.63 Å². The van der Waals surface area contributed by atoms with Crippen molar-refractivity contribution in [2.24, 2.45) is 5.92 Å². The van der Waals surface area contributed by atoms with Gasteiger partial charge in [0.15, 0.2) is 5.82 Å². The Bertz CT molecular complexity index is 391. The Hall–Kier alpha value is -1.43. The van der Waals surface area contributed by atoms with Crippen LogP contribution in [0.25, 0.3) is 0 Å². The van der Waals surface area contributed by atoms with Crippen LogP contribution >= 0.6 is 0 Å². The van der Waals surface area contributed by atoms with Crippen LogP contribution in [0.1, 0.15) is 25.1 Å². The molecular weight excluding hydrogens is 222 g/mol. The molecule has 1 aromatic rings. The van der Waals surface area contributed by atoms with E-state index in [9.17, 15) is 4.79 Å². The summed E-state index contributed by atoms with van der Waals surface area (Å²) >= 11 is 0. The van der Waals surface area contributed by atoms with Crippen LogP contribution in [0.2, 0.25) is 0 Å². The van der Waals surface area contributed by atoms with Gasteiger partial charge in [0, 0.05) is 13.0 Å². The topological polar surface area (TPSA) is 79.5 Å². The first-order valence-corrected chi connectivity index (χ1v) is 5.93. The third-order valence-electron chi connectivity index (χ3n) is 3.10. The molecule has 0 amide bonds. The molecule has 0 saturated carbocycles. The Morgan fingerprint density at radius 3 is 3.12 bits per heavy atom. The fourth-order valence-electron chi connectivity index (χ4n) is 2.19. The number of nitrogens with zero attached hydrogens (tertiary/aromatic N) is 3. The number of carbonyl (C=O) groups is 1. The number of hydrogen-bond donors (Lipinski definition) is 1. The molecule has 1 aliphatic heterocycles. The van der Waals surface area contributed by atoms with Gasteiger partial charge in [-0.2, -0.15) is 4.98 Å². The molecule has 2 heterocycles. The SMILES string of the molecule is CCN1CCC(Cc2nc(CC(=O)O)no2)C1. The Kier molecular flexibility index (Phi) is 3.73.